The molecule has 0 saturated carbocycles. The van der Waals surface area contributed by atoms with Crippen molar-refractivity contribution in [1.82, 2.24) is 20.2 Å². The molecule has 1 aromatic heterocycles. The van der Waals surface area contributed by atoms with Crippen molar-refractivity contribution in [2.24, 2.45) is 0 Å². The van der Waals surface area contributed by atoms with Gasteiger partial charge in [-0.05, 0) is 53.6 Å². The summed E-state index contributed by atoms with van der Waals surface area (Å²) in [6.07, 6.45) is 0.835. The molecule has 9 heteroatoms. The molecule has 2 heterocycles. The summed E-state index contributed by atoms with van der Waals surface area (Å²) in [6, 6.07) is 11.4. The highest BCUT2D eigenvalue weighted by Crippen LogP contribution is 2.32. The minimum atomic E-state index is -0.153. The minimum Gasteiger partial charge on any atom is -0.490 e. The van der Waals surface area contributed by atoms with Crippen molar-refractivity contribution in [2.45, 2.75) is 25.4 Å². The molecule has 0 aliphatic carbocycles. The van der Waals surface area contributed by atoms with Crippen molar-refractivity contribution in [3.05, 3.63) is 47.5 Å². The molecule has 0 saturated heterocycles. The van der Waals surface area contributed by atoms with Crippen molar-refractivity contribution in [3.63, 3.8) is 0 Å². The second-order valence-corrected chi connectivity index (χ2v) is 7.58. The fourth-order valence-corrected chi connectivity index (χ4v) is 3.64. The molecule has 1 N–H and O–H groups in total. The van der Waals surface area contributed by atoms with E-state index in [1.54, 1.807) is 16.8 Å². The Bertz CT molecular complexity index is 1040. The van der Waals surface area contributed by atoms with E-state index >= 15 is 0 Å². The van der Waals surface area contributed by atoms with Crippen LogP contribution in [0.2, 0.25) is 0 Å². The summed E-state index contributed by atoms with van der Waals surface area (Å²) in [5.74, 6) is 1.37. The van der Waals surface area contributed by atoms with Gasteiger partial charge in [0.2, 0.25) is 11.1 Å². The molecular formula is C20H21N5O3S. The Labute approximate surface area is 172 Å². The molecule has 0 unspecified atom stereocenters. The average Bonchev–Trinajstić information content (AvgIpc) is 3.05. The zero-order valence-corrected chi connectivity index (χ0v) is 17.0. The maximum atomic E-state index is 12.4. The molecule has 0 spiro atoms. The van der Waals surface area contributed by atoms with Crippen molar-refractivity contribution < 1.29 is 14.3 Å². The Morgan fingerprint density at radius 3 is 2.86 bits per heavy atom. The Morgan fingerprint density at radius 2 is 2.00 bits per heavy atom. The normalized spacial score (nSPS) is 13.0. The molecule has 8 nitrogen and oxygen atoms in total. The first-order chi connectivity index (χ1) is 14.1. The van der Waals surface area contributed by atoms with Gasteiger partial charge in [-0.1, -0.05) is 23.9 Å². The van der Waals surface area contributed by atoms with Gasteiger partial charge in [-0.2, -0.15) is 4.68 Å². The third-order valence-electron chi connectivity index (χ3n) is 4.61. The summed E-state index contributed by atoms with van der Waals surface area (Å²) in [5, 5.41) is 15.4. The summed E-state index contributed by atoms with van der Waals surface area (Å²) < 4.78 is 12.9. The molecule has 1 amide bonds. The van der Waals surface area contributed by atoms with Crippen molar-refractivity contribution in [2.75, 3.05) is 24.3 Å². The highest BCUT2D eigenvalue weighted by molar-refractivity contribution is 7.99. The largest absolute Gasteiger partial charge is 0.490 e. The molecular weight excluding hydrogens is 390 g/mol. The number of amides is 1. The van der Waals surface area contributed by atoms with Crippen LogP contribution in [0.4, 0.5) is 5.69 Å². The molecule has 4 rings (SSSR count). The number of carbonyl (C=O) groups excluding carboxylic acids is 1. The van der Waals surface area contributed by atoms with Gasteiger partial charge in [-0.3, -0.25) is 4.79 Å². The molecule has 1 aliphatic heterocycles. The number of aromatic nitrogens is 4. The number of thioether (sulfide) groups is 1. The number of nitrogens with zero attached hydrogens (tertiary/aromatic N) is 4. The quantitative estimate of drug-likeness (QED) is 0.645. The predicted molar refractivity (Wildman–Crippen MR) is 110 cm³/mol. The van der Waals surface area contributed by atoms with E-state index < -0.39 is 0 Å². The predicted octanol–water partition coefficient (Wildman–Crippen LogP) is 3.17. The van der Waals surface area contributed by atoms with Crippen LogP contribution in [0.25, 0.3) is 5.69 Å². The van der Waals surface area contributed by atoms with Gasteiger partial charge in [0, 0.05) is 18.2 Å². The number of aryl methyl sites for hydroxylation is 1. The van der Waals surface area contributed by atoms with Crippen LogP contribution < -0.4 is 14.8 Å². The SMILES string of the molecule is Cc1cccc(-n2nnnc2SCC(=O)Nc2ccc3c(c2)OCCCO3)c1C. The smallest absolute Gasteiger partial charge is 0.234 e. The van der Waals surface area contributed by atoms with Crippen molar-refractivity contribution in [1.29, 1.82) is 0 Å². The number of fused-ring (bicyclic) bond motifs is 1. The number of tetrazole rings is 1. The molecule has 29 heavy (non-hydrogen) atoms. The zero-order chi connectivity index (χ0) is 20.2. The van der Waals surface area contributed by atoms with E-state index in [0.29, 0.717) is 35.6 Å². The monoisotopic (exact) mass is 411 g/mol. The Balaban J connectivity index is 1.42. The van der Waals surface area contributed by atoms with Crippen LogP contribution in [0.3, 0.4) is 0 Å². The molecule has 150 valence electrons. The van der Waals surface area contributed by atoms with Gasteiger partial charge in [0.25, 0.3) is 0 Å². The number of rotatable bonds is 5. The van der Waals surface area contributed by atoms with Crippen molar-refractivity contribution in [3.8, 4) is 17.2 Å². The lowest BCUT2D eigenvalue weighted by Crippen LogP contribution is -2.15. The van der Waals surface area contributed by atoms with E-state index in [9.17, 15) is 4.79 Å². The van der Waals surface area contributed by atoms with Gasteiger partial charge in [0.05, 0.1) is 24.7 Å². The lowest BCUT2D eigenvalue weighted by Gasteiger charge is -2.11. The fourth-order valence-electron chi connectivity index (χ4n) is 2.95. The Morgan fingerprint density at radius 1 is 1.17 bits per heavy atom. The van der Waals surface area contributed by atoms with Crippen LogP contribution >= 0.6 is 11.8 Å². The second-order valence-electron chi connectivity index (χ2n) is 6.64. The molecule has 3 aromatic rings. The van der Waals surface area contributed by atoms with Crippen LogP contribution in [0.1, 0.15) is 17.5 Å². The van der Waals surface area contributed by atoms with Gasteiger partial charge >= 0.3 is 0 Å². The molecule has 0 radical (unpaired) electrons. The first kappa shape index (κ1) is 19.3. The van der Waals surface area contributed by atoms with Gasteiger partial charge in [0.1, 0.15) is 0 Å². The van der Waals surface area contributed by atoms with Gasteiger partial charge in [-0.25, -0.2) is 0 Å². The standard InChI is InChI=1S/C20H21N5O3S/c1-13-5-3-6-16(14(13)2)25-20(22-23-24-25)29-12-19(26)21-15-7-8-17-18(11-15)28-10-4-9-27-17/h3,5-8,11H,4,9-10,12H2,1-2H3,(H,21,26). The number of benzene rings is 2. The average molecular weight is 411 g/mol. The number of hydrogen-bond acceptors (Lipinski definition) is 7. The summed E-state index contributed by atoms with van der Waals surface area (Å²) in [5.41, 5.74) is 3.81. The second kappa shape index (κ2) is 8.52. The Kier molecular flexibility index (Phi) is 5.66. The molecule has 0 atom stereocenters. The molecule has 0 bridgehead atoms. The zero-order valence-electron chi connectivity index (χ0n) is 16.2. The van der Waals surface area contributed by atoms with Crippen LogP contribution in [0.5, 0.6) is 11.5 Å². The number of anilines is 1. The number of carbonyl (C=O) groups is 1. The van der Waals surface area contributed by atoms with E-state index in [1.165, 1.54) is 11.8 Å². The molecule has 2 aromatic carbocycles. The number of ether oxygens (including phenoxy) is 2. The lowest BCUT2D eigenvalue weighted by molar-refractivity contribution is -0.113. The van der Waals surface area contributed by atoms with E-state index in [4.69, 9.17) is 9.47 Å². The highest BCUT2D eigenvalue weighted by Gasteiger charge is 2.15. The maximum Gasteiger partial charge on any atom is 0.234 e. The summed E-state index contributed by atoms with van der Waals surface area (Å²) >= 11 is 1.28. The first-order valence-corrected chi connectivity index (χ1v) is 10.3. The van der Waals surface area contributed by atoms with Crippen molar-refractivity contribution >= 4 is 23.4 Å². The van der Waals surface area contributed by atoms with E-state index in [2.05, 4.69) is 20.8 Å². The number of nitrogens with one attached hydrogen (secondary N) is 1. The highest BCUT2D eigenvalue weighted by atomic mass is 32.2. The van der Waals surface area contributed by atoms with Crippen LogP contribution in [0.15, 0.2) is 41.6 Å². The number of hydrogen-bond donors (Lipinski definition) is 1. The van der Waals surface area contributed by atoms with Crippen LogP contribution in [0, 0.1) is 13.8 Å². The summed E-state index contributed by atoms with van der Waals surface area (Å²) in [7, 11) is 0. The van der Waals surface area contributed by atoms with Gasteiger partial charge < -0.3 is 14.8 Å². The third-order valence-corrected chi connectivity index (χ3v) is 5.53. The van der Waals surface area contributed by atoms with Gasteiger partial charge in [0.15, 0.2) is 11.5 Å². The third kappa shape index (κ3) is 4.34. The molecule has 0 fully saturated rings. The maximum absolute atomic E-state index is 12.4. The van der Waals surface area contributed by atoms with Crippen LogP contribution in [-0.4, -0.2) is 45.1 Å². The lowest BCUT2D eigenvalue weighted by atomic mass is 10.1. The first-order valence-electron chi connectivity index (χ1n) is 9.29. The summed E-state index contributed by atoms with van der Waals surface area (Å²) in [4.78, 5) is 12.4. The van der Waals surface area contributed by atoms with E-state index in [1.807, 2.05) is 38.1 Å². The summed E-state index contributed by atoms with van der Waals surface area (Å²) in [6.45, 7) is 5.29. The topological polar surface area (TPSA) is 91.2 Å². The van der Waals surface area contributed by atoms with E-state index in [-0.39, 0.29) is 11.7 Å². The molecule has 1 aliphatic rings. The fraction of sp³-hybridized carbons (Fsp3) is 0.300. The van der Waals surface area contributed by atoms with Crippen LogP contribution in [-0.2, 0) is 4.79 Å². The minimum absolute atomic E-state index is 0.153. The Hall–Kier alpha value is -3.07. The van der Waals surface area contributed by atoms with E-state index in [0.717, 1.165) is 23.2 Å². The van der Waals surface area contributed by atoms with Gasteiger partial charge in [-0.15, -0.1) is 5.10 Å².